The molecule has 0 saturated carbocycles. The minimum absolute atomic E-state index is 0.0334. The lowest BCUT2D eigenvalue weighted by Gasteiger charge is -2.38. The van der Waals surface area contributed by atoms with E-state index >= 15 is 0 Å². The molecule has 0 atom stereocenters. The van der Waals surface area contributed by atoms with Gasteiger partial charge in [-0.05, 0) is 50.0 Å². The van der Waals surface area contributed by atoms with Gasteiger partial charge < -0.3 is 10.2 Å². The zero-order valence-corrected chi connectivity index (χ0v) is 13.3. The minimum atomic E-state index is -0.428. The predicted octanol–water partition coefficient (Wildman–Crippen LogP) is 3.07. The average molecular weight is 312 g/mol. The molecule has 0 unspecified atom stereocenters. The number of nitrogens with zero attached hydrogens (tertiary/aromatic N) is 2. The van der Waals surface area contributed by atoms with Crippen molar-refractivity contribution in [2.24, 2.45) is 5.41 Å². The number of hydrogen-bond donors (Lipinski definition) is 1. The van der Waals surface area contributed by atoms with E-state index in [1.807, 2.05) is 0 Å². The third kappa shape index (κ3) is 4.40. The predicted molar refractivity (Wildman–Crippen MR) is 84.7 cm³/mol. The van der Waals surface area contributed by atoms with E-state index in [1.54, 1.807) is 6.07 Å². The van der Waals surface area contributed by atoms with Crippen LogP contribution in [0.15, 0.2) is 18.2 Å². The van der Waals surface area contributed by atoms with E-state index in [-0.39, 0.29) is 5.69 Å². The molecule has 0 bridgehead atoms. The SMILES string of the molecule is CN1CCC(C)(CNCc2ccc([N+](=O)[O-])cc2Cl)CC1. The standard InChI is InChI=1S/C15H22ClN3O2/c1-15(5-7-18(2)8-6-15)11-17-10-12-3-4-13(19(20)21)9-14(12)16/h3-4,9,17H,5-8,10-11H2,1-2H3. The fourth-order valence-corrected chi connectivity index (χ4v) is 2.87. The largest absolute Gasteiger partial charge is 0.312 e. The second-order valence-corrected chi connectivity index (χ2v) is 6.66. The van der Waals surface area contributed by atoms with Gasteiger partial charge in [0.05, 0.1) is 9.95 Å². The summed E-state index contributed by atoms with van der Waals surface area (Å²) in [5.74, 6) is 0. The topological polar surface area (TPSA) is 58.4 Å². The summed E-state index contributed by atoms with van der Waals surface area (Å²) in [6, 6.07) is 4.64. The molecule has 1 saturated heterocycles. The summed E-state index contributed by atoms with van der Waals surface area (Å²) >= 11 is 6.10. The van der Waals surface area contributed by atoms with Gasteiger partial charge >= 0.3 is 0 Å². The Labute approximate surface area is 130 Å². The molecule has 0 aliphatic carbocycles. The molecule has 1 N–H and O–H groups in total. The number of hydrogen-bond acceptors (Lipinski definition) is 4. The molecular formula is C15H22ClN3O2. The van der Waals surface area contributed by atoms with Crippen LogP contribution in [0.2, 0.25) is 5.02 Å². The van der Waals surface area contributed by atoms with Crippen molar-refractivity contribution in [2.75, 3.05) is 26.7 Å². The van der Waals surface area contributed by atoms with Crippen LogP contribution < -0.4 is 5.32 Å². The Hall–Kier alpha value is -1.17. The van der Waals surface area contributed by atoms with Crippen LogP contribution in [0.4, 0.5) is 5.69 Å². The third-order valence-electron chi connectivity index (χ3n) is 4.31. The van der Waals surface area contributed by atoms with Crippen molar-refractivity contribution in [1.82, 2.24) is 10.2 Å². The third-order valence-corrected chi connectivity index (χ3v) is 4.66. The van der Waals surface area contributed by atoms with Crippen LogP contribution in [-0.4, -0.2) is 36.5 Å². The van der Waals surface area contributed by atoms with Crippen LogP contribution >= 0.6 is 11.6 Å². The highest BCUT2D eigenvalue weighted by atomic mass is 35.5. The number of benzene rings is 1. The van der Waals surface area contributed by atoms with Crippen LogP contribution in [0.3, 0.4) is 0 Å². The summed E-state index contributed by atoms with van der Waals surface area (Å²) < 4.78 is 0. The molecule has 0 aromatic heterocycles. The van der Waals surface area contributed by atoms with Crippen molar-refractivity contribution in [3.8, 4) is 0 Å². The minimum Gasteiger partial charge on any atom is -0.312 e. The molecule has 1 fully saturated rings. The van der Waals surface area contributed by atoms with Gasteiger partial charge in [-0.3, -0.25) is 10.1 Å². The molecule has 1 aliphatic rings. The lowest BCUT2D eigenvalue weighted by molar-refractivity contribution is -0.384. The van der Waals surface area contributed by atoms with Crippen LogP contribution in [0.5, 0.6) is 0 Å². The number of nitro benzene ring substituents is 1. The van der Waals surface area contributed by atoms with Crippen molar-refractivity contribution < 1.29 is 4.92 Å². The lowest BCUT2D eigenvalue weighted by atomic mass is 9.80. The lowest BCUT2D eigenvalue weighted by Crippen LogP contribution is -2.41. The number of non-ortho nitro benzene ring substituents is 1. The van der Waals surface area contributed by atoms with Crippen molar-refractivity contribution in [3.63, 3.8) is 0 Å². The molecule has 1 heterocycles. The molecule has 21 heavy (non-hydrogen) atoms. The molecule has 2 rings (SSSR count). The number of rotatable bonds is 5. The highest BCUT2D eigenvalue weighted by Crippen LogP contribution is 2.29. The van der Waals surface area contributed by atoms with E-state index in [1.165, 1.54) is 25.0 Å². The number of piperidine rings is 1. The highest BCUT2D eigenvalue weighted by Gasteiger charge is 2.28. The molecule has 5 nitrogen and oxygen atoms in total. The maximum Gasteiger partial charge on any atom is 0.270 e. The van der Waals surface area contributed by atoms with E-state index in [0.717, 1.165) is 25.2 Å². The van der Waals surface area contributed by atoms with Gasteiger partial charge in [0.1, 0.15) is 0 Å². The Morgan fingerprint density at radius 3 is 2.67 bits per heavy atom. The monoisotopic (exact) mass is 311 g/mol. The first kappa shape index (κ1) is 16.2. The molecule has 6 heteroatoms. The van der Waals surface area contributed by atoms with Crippen molar-refractivity contribution in [2.45, 2.75) is 26.3 Å². The zero-order valence-electron chi connectivity index (χ0n) is 12.6. The van der Waals surface area contributed by atoms with Crippen LogP contribution in [0.25, 0.3) is 0 Å². The number of nitro groups is 1. The molecule has 1 aromatic carbocycles. The van der Waals surface area contributed by atoms with Gasteiger partial charge in [0.2, 0.25) is 0 Å². The Morgan fingerprint density at radius 1 is 1.43 bits per heavy atom. The summed E-state index contributed by atoms with van der Waals surface area (Å²) in [6.07, 6.45) is 2.37. The molecule has 1 aromatic rings. The average Bonchev–Trinajstić information content (AvgIpc) is 2.44. The zero-order chi connectivity index (χ0) is 15.5. The second kappa shape index (κ2) is 6.73. The van der Waals surface area contributed by atoms with Gasteiger partial charge in [-0.1, -0.05) is 18.5 Å². The molecule has 1 aliphatic heterocycles. The van der Waals surface area contributed by atoms with Crippen molar-refractivity contribution in [1.29, 1.82) is 0 Å². The number of halogens is 1. The first-order valence-electron chi connectivity index (χ1n) is 7.22. The summed E-state index contributed by atoms with van der Waals surface area (Å²) in [7, 11) is 2.16. The van der Waals surface area contributed by atoms with Gasteiger partial charge in [-0.15, -0.1) is 0 Å². The van der Waals surface area contributed by atoms with E-state index in [2.05, 4.69) is 24.2 Å². The van der Waals surface area contributed by atoms with Gasteiger partial charge in [0, 0.05) is 25.2 Å². The first-order valence-corrected chi connectivity index (χ1v) is 7.59. The fourth-order valence-electron chi connectivity index (χ4n) is 2.63. The van der Waals surface area contributed by atoms with Crippen LogP contribution in [0.1, 0.15) is 25.3 Å². The Kier molecular flexibility index (Phi) is 5.19. The van der Waals surface area contributed by atoms with E-state index in [4.69, 9.17) is 11.6 Å². The molecule has 116 valence electrons. The number of nitrogens with one attached hydrogen (secondary N) is 1. The van der Waals surface area contributed by atoms with Crippen molar-refractivity contribution >= 4 is 17.3 Å². The molecule has 0 amide bonds. The van der Waals surface area contributed by atoms with Gasteiger partial charge in [-0.2, -0.15) is 0 Å². The van der Waals surface area contributed by atoms with E-state index < -0.39 is 4.92 Å². The van der Waals surface area contributed by atoms with Crippen LogP contribution in [0, 0.1) is 15.5 Å². The number of likely N-dealkylation sites (tertiary alicyclic amines) is 1. The maximum atomic E-state index is 10.7. The van der Waals surface area contributed by atoms with E-state index in [9.17, 15) is 10.1 Å². The van der Waals surface area contributed by atoms with Crippen molar-refractivity contribution in [3.05, 3.63) is 38.9 Å². The summed E-state index contributed by atoms with van der Waals surface area (Å²) in [5.41, 5.74) is 1.25. The highest BCUT2D eigenvalue weighted by molar-refractivity contribution is 6.31. The quantitative estimate of drug-likeness (QED) is 0.670. The Balaban J connectivity index is 1.87. The summed E-state index contributed by atoms with van der Waals surface area (Å²) in [6.45, 7) is 6.16. The summed E-state index contributed by atoms with van der Waals surface area (Å²) in [5, 5.41) is 14.6. The molecular weight excluding hydrogens is 290 g/mol. The van der Waals surface area contributed by atoms with Crippen LogP contribution in [-0.2, 0) is 6.54 Å². The summed E-state index contributed by atoms with van der Waals surface area (Å²) in [4.78, 5) is 12.6. The van der Waals surface area contributed by atoms with Gasteiger partial charge in [-0.25, -0.2) is 0 Å². The Morgan fingerprint density at radius 2 is 2.10 bits per heavy atom. The fraction of sp³-hybridized carbons (Fsp3) is 0.600. The first-order chi connectivity index (χ1) is 9.89. The molecule has 0 radical (unpaired) electrons. The second-order valence-electron chi connectivity index (χ2n) is 6.25. The Bertz CT molecular complexity index is 514. The maximum absolute atomic E-state index is 10.7. The molecule has 0 spiro atoms. The normalized spacial score (nSPS) is 18.6. The van der Waals surface area contributed by atoms with E-state index in [0.29, 0.717) is 17.0 Å². The van der Waals surface area contributed by atoms with Gasteiger partial charge in [0.15, 0.2) is 0 Å². The smallest absolute Gasteiger partial charge is 0.270 e. The van der Waals surface area contributed by atoms with Gasteiger partial charge in [0.25, 0.3) is 5.69 Å².